The molecule has 0 radical (unpaired) electrons. The van der Waals surface area contributed by atoms with E-state index in [2.05, 4.69) is 15.5 Å². The maximum atomic E-state index is 11.5. The summed E-state index contributed by atoms with van der Waals surface area (Å²) >= 11 is 1.29. The minimum Gasteiger partial charge on any atom is -0.409 e. The van der Waals surface area contributed by atoms with Crippen LogP contribution < -0.4 is 11.1 Å². The highest BCUT2D eigenvalue weighted by atomic mass is 32.1. The van der Waals surface area contributed by atoms with Crippen LogP contribution in [-0.4, -0.2) is 28.5 Å². The Hall–Kier alpha value is -1.63. The van der Waals surface area contributed by atoms with Crippen molar-refractivity contribution in [3.8, 4) is 0 Å². The number of oxime groups is 1. The molecule has 6 nitrogen and oxygen atoms in total. The van der Waals surface area contributed by atoms with Crippen molar-refractivity contribution in [1.82, 2.24) is 10.3 Å². The van der Waals surface area contributed by atoms with E-state index < -0.39 is 0 Å². The number of nitrogens with one attached hydrogen (secondary N) is 1. The van der Waals surface area contributed by atoms with E-state index in [1.807, 2.05) is 0 Å². The lowest BCUT2D eigenvalue weighted by Crippen LogP contribution is -2.27. The SMILES string of the molecule is Cc1ncsc1C(=O)NCCC(N)=NO. The van der Waals surface area contributed by atoms with Gasteiger partial charge in [0, 0.05) is 13.0 Å². The zero-order valence-electron chi connectivity index (χ0n) is 8.23. The molecule has 1 aromatic heterocycles. The van der Waals surface area contributed by atoms with Crippen molar-refractivity contribution in [1.29, 1.82) is 0 Å². The standard InChI is InChI=1S/C8H12N4O2S/c1-5-7(15-4-11-5)8(13)10-3-2-6(9)12-14/h4,14H,2-3H2,1H3,(H2,9,12)(H,10,13). The average Bonchev–Trinajstić information content (AvgIpc) is 2.64. The number of amides is 1. The molecule has 0 unspecified atom stereocenters. The third kappa shape index (κ3) is 3.21. The van der Waals surface area contributed by atoms with Gasteiger partial charge in [0.1, 0.15) is 10.7 Å². The molecule has 0 aliphatic carbocycles. The number of amidine groups is 1. The summed E-state index contributed by atoms with van der Waals surface area (Å²) in [6, 6.07) is 0. The van der Waals surface area contributed by atoms with E-state index in [1.54, 1.807) is 12.4 Å². The number of carbonyl (C=O) groups excluding carboxylic acids is 1. The number of aryl methyl sites for hydroxylation is 1. The molecule has 0 aliphatic rings. The summed E-state index contributed by atoms with van der Waals surface area (Å²) in [7, 11) is 0. The van der Waals surface area contributed by atoms with Crippen LogP contribution in [0.5, 0.6) is 0 Å². The lowest BCUT2D eigenvalue weighted by atomic mass is 10.3. The van der Waals surface area contributed by atoms with E-state index >= 15 is 0 Å². The molecule has 0 aliphatic heterocycles. The number of nitrogens with two attached hydrogens (primary N) is 1. The summed E-state index contributed by atoms with van der Waals surface area (Å²) in [6.07, 6.45) is 0.320. The first-order valence-electron chi connectivity index (χ1n) is 4.30. The number of nitrogens with zero attached hydrogens (tertiary/aromatic N) is 2. The van der Waals surface area contributed by atoms with Crippen LogP contribution in [0.2, 0.25) is 0 Å². The van der Waals surface area contributed by atoms with Gasteiger partial charge in [0.15, 0.2) is 0 Å². The number of hydrogen-bond acceptors (Lipinski definition) is 5. The number of thiazole rings is 1. The fraction of sp³-hybridized carbons (Fsp3) is 0.375. The quantitative estimate of drug-likeness (QED) is 0.299. The number of rotatable bonds is 4. The molecule has 0 saturated heterocycles. The molecule has 1 heterocycles. The Morgan fingerprint density at radius 2 is 2.53 bits per heavy atom. The van der Waals surface area contributed by atoms with Crippen LogP contribution in [-0.2, 0) is 0 Å². The van der Waals surface area contributed by atoms with E-state index in [0.717, 1.165) is 0 Å². The summed E-state index contributed by atoms with van der Waals surface area (Å²) in [6.45, 7) is 2.11. The molecule has 0 saturated carbocycles. The van der Waals surface area contributed by atoms with Gasteiger partial charge in [0.05, 0.1) is 11.2 Å². The zero-order chi connectivity index (χ0) is 11.3. The number of hydrogen-bond donors (Lipinski definition) is 3. The second-order valence-corrected chi connectivity index (χ2v) is 3.72. The van der Waals surface area contributed by atoms with Crippen LogP contribution in [0, 0.1) is 6.92 Å². The van der Waals surface area contributed by atoms with Crippen molar-refractivity contribution in [3.05, 3.63) is 16.1 Å². The van der Waals surface area contributed by atoms with Crippen molar-refractivity contribution < 1.29 is 10.0 Å². The van der Waals surface area contributed by atoms with Gasteiger partial charge in [-0.05, 0) is 6.92 Å². The Kier molecular flexibility index (Phi) is 4.04. The van der Waals surface area contributed by atoms with Gasteiger partial charge >= 0.3 is 0 Å². The van der Waals surface area contributed by atoms with Gasteiger partial charge in [-0.15, -0.1) is 11.3 Å². The summed E-state index contributed by atoms with van der Waals surface area (Å²) in [5, 5.41) is 13.7. The van der Waals surface area contributed by atoms with Crippen LogP contribution in [0.3, 0.4) is 0 Å². The topological polar surface area (TPSA) is 101 Å². The zero-order valence-corrected chi connectivity index (χ0v) is 9.04. The molecule has 82 valence electrons. The normalized spacial score (nSPS) is 11.4. The van der Waals surface area contributed by atoms with Gasteiger partial charge in [-0.25, -0.2) is 4.98 Å². The number of carbonyl (C=O) groups is 1. The van der Waals surface area contributed by atoms with Crippen molar-refractivity contribution in [3.63, 3.8) is 0 Å². The minimum atomic E-state index is -0.180. The molecule has 0 bridgehead atoms. The first kappa shape index (κ1) is 11.4. The highest BCUT2D eigenvalue weighted by Gasteiger charge is 2.10. The predicted octanol–water partition coefficient (Wildman–Crippen LogP) is 0.318. The second-order valence-electron chi connectivity index (χ2n) is 2.86. The van der Waals surface area contributed by atoms with Crippen molar-refractivity contribution in [2.24, 2.45) is 10.9 Å². The summed E-state index contributed by atoms with van der Waals surface area (Å²) in [5.41, 5.74) is 7.58. The fourth-order valence-electron chi connectivity index (χ4n) is 0.954. The Labute approximate surface area is 90.8 Å². The van der Waals surface area contributed by atoms with E-state index in [1.165, 1.54) is 11.3 Å². The van der Waals surface area contributed by atoms with Crippen molar-refractivity contribution >= 4 is 23.1 Å². The van der Waals surface area contributed by atoms with E-state index in [0.29, 0.717) is 23.5 Å². The van der Waals surface area contributed by atoms with Gasteiger partial charge in [-0.3, -0.25) is 4.79 Å². The van der Waals surface area contributed by atoms with E-state index in [-0.39, 0.29) is 11.7 Å². The van der Waals surface area contributed by atoms with Gasteiger partial charge in [-0.2, -0.15) is 0 Å². The lowest BCUT2D eigenvalue weighted by molar-refractivity contribution is 0.0958. The molecule has 4 N–H and O–H groups in total. The summed E-state index contributed by atoms with van der Waals surface area (Å²) in [4.78, 5) is 16.1. The van der Waals surface area contributed by atoms with Gasteiger partial charge < -0.3 is 16.3 Å². The lowest BCUT2D eigenvalue weighted by Gasteiger charge is -2.02. The Morgan fingerprint density at radius 3 is 3.07 bits per heavy atom. The van der Waals surface area contributed by atoms with Gasteiger partial charge in [0.25, 0.3) is 5.91 Å². The van der Waals surface area contributed by atoms with Gasteiger partial charge in [-0.1, -0.05) is 5.16 Å². The Morgan fingerprint density at radius 1 is 1.80 bits per heavy atom. The minimum absolute atomic E-state index is 0.0938. The molecule has 15 heavy (non-hydrogen) atoms. The molecular formula is C8H12N4O2S. The van der Waals surface area contributed by atoms with Crippen molar-refractivity contribution in [2.45, 2.75) is 13.3 Å². The maximum Gasteiger partial charge on any atom is 0.263 e. The second kappa shape index (κ2) is 5.30. The van der Waals surface area contributed by atoms with Crippen LogP contribution in [0.1, 0.15) is 21.8 Å². The molecule has 1 rings (SSSR count). The highest BCUT2D eigenvalue weighted by Crippen LogP contribution is 2.11. The van der Waals surface area contributed by atoms with Crippen molar-refractivity contribution in [2.75, 3.05) is 6.54 Å². The first-order chi connectivity index (χ1) is 7.15. The van der Waals surface area contributed by atoms with Crippen LogP contribution >= 0.6 is 11.3 Å². The molecule has 0 fully saturated rings. The summed E-state index contributed by atoms with van der Waals surface area (Å²) in [5.74, 6) is -0.0860. The fourth-order valence-corrected chi connectivity index (χ4v) is 1.67. The molecule has 0 spiro atoms. The first-order valence-corrected chi connectivity index (χ1v) is 5.17. The molecule has 7 heteroatoms. The summed E-state index contributed by atoms with van der Waals surface area (Å²) < 4.78 is 0. The van der Waals surface area contributed by atoms with Crippen LogP contribution in [0.15, 0.2) is 10.7 Å². The smallest absolute Gasteiger partial charge is 0.263 e. The third-order valence-corrected chi connectivity index (χ3v) is 2.67. The molecule has 0 aromatic carbocycles. The Balaban J connectivity index is 2.41. The maximum absolute atomic E-state index is 11.5. The van der Waals surface area contributed by atoms with Crippen LogP contribution in [0.25, 0.3) is 0 Å². The monoisotopic (exact) mass is 228 g/mol. The number of aromatic nitrogens is 1. The predicted molar refractivity (Wildman–Crippen MR) is 57.2 cm³/mol. The van der Waals surface area contributed by atoms with Crippen LogP contribution in [0.4, 0.5) is 0 Å². The average molecular weight is 228 g/mol. The molecular weight excluding hydrogens is 216 g/mol. The largest absolute Gasteiger partial charge is 0.409 e. The molecule has 1 amide bonds. The highest BCUT2D eigenvalue weighted by molar-refractivity contribution is 7.11. The van der Waals surface area contributed by atoms with Gasteiger partial charge in [0.2, 0.25) is 0 Å². The van der Waals surface area contributed by atoms with E-state index in [9.17, 15) is 4.79 Å². The Bertz CT molecular complexity index is 374. The molecule has 1 aromatic rings. The van der Waals surface area contributed by atoms with E-state index in [4.69, 9.17) is 10.9 Å². The molecule has 0 atom stereocenters. The third-order valence-electron chi connectivity index (χ3n) is 1.75.